The number of nitrogen functional groups attached to an aromatic ring is 1. The molecule has 0 radical (unpaired) electrons. The summed E-state index contributed by atoms with van der Waals surface area (Å²) in [5, 5.41) is 11.2. The SMILES string of the molecule is Nc1nc2cccc(-c3ccc(CNc4ccon4)cc3)n2n1. The van der Waals surface area contributed by atoms with Crippen LogP contribution in [0.4, 0.5) is 11.8 Å². The molecule has 0 saturated heterocycles. The molecule has 0 saturated carbocycles. The van der Waals surface area contributed by atoms with Gasteiger partial charge in [0.05, 0.1) is 5.69 Å². The Labute approximate surface area is 131 Å². The summed E-state index contributed by atoms with van der Waals surface area (Å²) in [6.07, 6.45) is 1.54. The average molecular weight is 306 g/mol. The highest BCUT2D eigenvalue weighted by atomic mass is 16.5. The van der Waals surface area contributed by atoms with E-state index < -0.39 is 0 Å². The van der Waals surface area contributed by atoms with Crippen LogP contribution in [0.15, 0.2) is 59.3 Å². The lowest BCUT2D eigenvalue weighted by molar-refractivity contribution is 0.422. The summed E-state index contributed by atoms with van der Waals surface area (Å²) in [5.41, 5.74) is 9.55. The zero-order valence-corrected chi connectivity index (χ0v) is 12.2. The Kier molecular flexibility index (Phi) is 3.16. The predicted molar refractivity (Wildman–Crippen MR) is 86.7 cm³/mol. The molecular formula is C16H14N6O. The van der Waals surface area contributed by atoms with Gasteiger partial charge in [-0.3, -0.25) is 0 Å². The van der Waals surface area contributed by atoms with Crippen molar-refractivity contribution in [2.45, 2.75) is 6.54 Å². The number of anilines is 2. The summed E-state index contributed by atoms with van der Waals surface area (Å²) in [7, 11) is 0. The van der Waals surface area contributed by atoms with Gasteiger partial charge in [-0.2, -0.15) is 4.98 Å². The van der Waals surface area contributed by atoms with E-state index in [1.54, 1.807) is 10.6 Å². The Morgan fingerprint density at radius 1 is 1.09 bits per heavy atom. The zero-order chi connectivity index (χ0) is 15.6. The maximum absolute atomic E-state index is 5.68. The minimum absolute atomic E-state index is 0.269. The summed E-state index contributed by atoms with van der Waals surface area (Å²) in [5.74, 6) is 0.989. The van der Waals surface area contributed by atoms with Crippen LogP contribution >= 0.6 is 0 Å². The second kappa shape index (κ2) is 5.45. The van der Waals surface area contributed by atoms with Crippen molar-refractivity contribution in [3.63, 3.8) is 0 Å². The number of nitrogens with one attached hydrogen (secondary N) is 1. The zero-order valence-electron chi connectivity index (χ0n) is 12.2. The van der Waals surface area contributed by atoms with Gasteiger partial charge in [-0.1, -0.05) is 35.5 Å². The Morgan fingerprint density at radius 2 is 1.96 bits per heavy atom. The second-order valence-electron chi connectivity index (χ2n) is 5.09. The highest BCUT2D eigenvalue weighted by molar-refractivity contribution is 5.63. The lowest BCUT2D eigenvalue weighted by Gasteiger charge is -2.06. The van der Waals surface area contributed by atoms with Crippen LogP contribution in [-0.4, -0.2) is 19.8 Å². The molecule has 3 aromatic heterocycles. The largest absolute Gasteiger partial charge is 0.366 e. The van der Waals surface area contributed by atoms with Gasteiger partial charge in [-0.15, -0.1) is 5.10 Å². The topological polar surface area (TPSA) is 94.3 Å². The van der Waals surface area contributed by atoms with Crippen LogP contribution in [0, 0.1) is 0 Å². The summed E-state index contributed by atoms with van der Waals surface area (Å²) >= 11 is 0. The fourth-order valence-corrected chi connectivity index (χ4v) is 2.43. The highest BCUT2D eigenvalue weighted by Gasteiger charge is 2.07. The molecule has 3 heterocycles. The Hall–Kier alpha value is -3.35. The number of hydrogen-bond donors (Lipinski definition) is 2. The van der Waals surface area contributed by atoms with Gasteiger partial charge in [-0.05, 0) is 17.7 Å². The third kappa shape index (κ3) is 2.59. The van der Waals surface area contributed by atoms with Crippen molar-refractivity contribution in [1.82, 2.24) is 19.8 Å². The number of aromatic nitrogens is 4. The van der Waals surface area contributed by atoms with Crippen LogP contribution in [0.1, 0.15) is 5.56 Å². The van der Waals surface area contributed by atoms with Gasteiger partial charge in [0.2, 0.25) is 5.95 Å². The molecular weight excluding hydrogens is 292 g/mol. The van der Waals surface area contributed by atoms with Crippen LogP contribution < -0.4 is 11.1 Å². The number of fused-ring (bicyclic) bond motifs is 1. The minimum Gasteiger partial charge on any atom is -0.366 e. The van der Waals surface area contributed by atoms with Crippen molar-refractivity contribution < 1.29 is 4.52 Å². The summed E-state index contributed by atoms with van der Waals surface area (Å²) in [6, 6.07) is 15.8. The molecule has 3 N–H and O–H groups in total. The summed E-state index contributed by atoms with van der Waals surface area (Å²) < 4.78 is 6.53. The van der Waals surface area contributed by atoms with Crippen molar-refractivity contribution in [3.8, 4) is 11.3 Å². The van der Waals surface area contributed by atoms with E-state index >= 15 is 0 Å². The number of rotatable bonds is 4. The molecule has 0 aliphatic rings. The molecule has 4 rings (SSSR count). The van der Waals surface area contributed by atoms with Gasteiger partial charge in [0.15, 0.2) is 11.5 Å². The van der Waals surface area contributed by atoms with E-state index in [4.69, 9.17) is 10.3 Å². The van der Waals surface area contributed by atoms with Crippen LogP contribution in [-0.2, 0) is 6.54 Å². The standard InChI is InChI=1S/C16H14N6O/c17-16-19-15-3-1-2-13(22(15)20-16)12-6-4-11(5-7-12)10-18-14-8-9-23-21-14/h1-9H,10H2,(H2,17,20)(H,18,21). The van der Waals surface area contributed by atoms with Crippen LogP contribution in [0.25, 0.3) is 16.9 Å². The lowest BCUT2D eigenvalue weighted by atomic mass is 10.1. The lowest BCUT2D eigenvalue weighted by Crippen LogP contribution is -1.99. The molecule has 0 unspecified atom stereocenters. The number of benzene rings is 1. The maximum atomic E-state index is 5.68. The van der Waals surface area contributed by atoms with Gasteiger partial charge in [0.25, 0.3) is 0 Å². The van der Waals surface area contributed by atoms with E-state index in [2.05, 4.69) is 32.7 Å². The first-order valence-electron chi connectivity index (χ1n) is 7.14. The monoisotopic (exact) mass is 306 g/mol. The predicted octanol–water partition coefficient (Wildman–Crippen LogP) is 2.58. The molecule has 0 bridgehead atoms. The Morgan fingerprint density at radius 3 is 2.74 bits per heavy atom. The first kappa shape index (κ1) is 13.3. The van der Waals surface area contributed by atoms with Crippen molar-refractivity contribution in [2.24, 2.45) is 0 Å². The smallest absolute Gasteiger partial charge is 0.240 e. The quantitative estimate of drug-likeness (QED) is 0.602. The molecule has 0 spiro atoms. The molecule has 23 heavy (non-hydrogen) atoms. The number of hydrogen-bond acceptors (Lipinski definition) is 6. The first-order valence-corrected chi connectivity index (χ1v) is 7.14. The van der Waals surface area contributed by atoms with E-state index in [0.29, 0.717) is 6.54 Å². The minimum atomic E-state index is 0.269. The van der Waals surface area contributed by atoms with Crippen LogP contribution in [0.3, 0.4) is 0 Å². The Bertz CT molecular complexity index is 927. The molecule has 114 valence electrons. The molecule has 0 aliphatic carbocycles. The van der Waals surface area contributed by atoms with Crippen molar-refractivity contribution in [2.75, 3.05) is 11.1 Å². The summed E-state index contributed by atoms with van der Waals surface area (Å²) in [6.45, 7) is 0.674. The van der Waals surface area contributed by atoms with E-state index in [1.807, 2.05) is 30.3 Å². The van der Waals surface area contributed by atoms with E-state index in [1.165, 1.54) is 6.26 Å². The molecule has 4 aromatic rings. The molecule has 7 heteroatoms. The molecule has 0 amide bonds. The molecule has 0 fully saturated rings. The second-order valence-corrected chi connectivity index (χ2v) is 5.09. The fraction of sp³-hybridized carbons (Fsp3) is 0.0625. The average Bonchev–Trinajstić information content (AvgIpc) is 3.21. The first-order chi connectivity index (χ1) is 11.3. The van der Waals surface area contributed by atoms with E-state index in [-0.39, 0.29) is 5.95 Å². The normalized spacial score (nSPS) is 11.0. The maximum Gasteiger partial charge on any atom is 0.240 e. The van der Waals surface area contributed by atoms with Gasteiger partial charge >= 0.3 is 0 Å². The fourth-order valence-electron chi connectivity index (χ4n) is 2.43. The molecule has 7 nitrogen and oxygen atoms in total. The number of pyridine rings is 1. The highest BCUT2D eigenvalue weighted by Crippen LogP contribution is 2.21. The number of nitrogens with two attached hydrogens (primary N) is 1. The van der Waals surface area contributed by atoms with Crippen molar-refractivity contribution in [1.29, 1.82) is 0 Å². The Balaban J connectivity index is 1.59. The van der Waals surface area contributed by atoms with Crippen LogP contribution in [0.2, 0.25) is 0 Å². The molecule has 0 aliphatic heterocycles. The van der Waals surface area contributed by atoms with Gasteiger partial charge in [-0.25, -0.2) is 4.52 Å². The van der Waals surface area contributed by atoms with Crippen molar-refractivity contribution in [3.05, 3.63) is 60.4 Å². The van der Waals surface area contributed by atoms with Gasteiger partial charge in [0.1, 0.15) is 6.26 Å². The summed E-state index contributed by atoms with van der Waals surface area (Å²) in [4.78, 5) is 4.18. The number of nitrogens with zero attached hydrogens (tertiary/aromatic N) is 4. The van der Waals surface area contributed by atoms with E-state index in [0.717, 1.165) is 28.3 Å². The van der Waals surface area contributed by atoms with Crippen molar-refractivity contribution >= 4 is 17.4 Å². The van der Waals surface area contributed by atoms with Gasteiger partial charge < -0.3 is 15.6 Å². The van der Waals surface area contributed by atoms with Crippen LogP contribution in [0.5, 0.6) is 0 Å². The molecule has 1 aromatic carbocycles. The van der Waals surface area contributed by atoms with Gasteiger partial charge in [0, 0.05) is 18.2 Å². The third-order valence-corrected chi connectivity index (χ3v) is 3.54. The molecule has 0 atom stereocenters. The van der Waals surface area contributed by atoms with E-state index in [9.17, 15) is 0 Å². The third-order valence-electron chi connectivity index (χ3n) is 3.54.